The average Bonchev–Trinajstić information content (AvgIpc) is 1.80. The number of terminal acetylenes is 1. The minimum Gasteiger partial charge on any atom is -0.228 e. The monoisotopic (exact) mass is 161 g/mol. The molecule has 0 bridgehead atoms. The van der Waals surface area contributed by atoms with E-state index in [1.54, 1.807) is 6.92 Å². The molecule has 0 amide bonds. The SMILES string of the molecule is C#CCCC(C)S(N)(=O)=O. The van der Waals surface area contributed by atoms with Gasteiger partial charge in [0.2, 0.25) is 10.0 Å². The Kier molecular flexibility index (Phi) is 3.40. The average molecular weight is 161 g/mol. The van der Waals surface area contributed by atoms with Crippen molar-refractivity contribution in [3.63, 3.8) is 0 Å². The van der Waals surface area contributed by atoms with Crippen molar-refractivity contribution in [3.05, 3.63) is 0 Å². The number of primary sulfonamides is 1. The molecule has 2 N–H and O–H groups in total. The molecule has 0 heterocycles. The van der Waals surface area contributed by atoms with Crippen LogP contribution in [0.2, 0.25) is 0 Å². The molecule has 0 radical (unpaired) electrons. The van der Waals surface area contributed by atoms with E-state index in [1.807, 2.05) is 0 Å². The van der Waals surface area contributed by atoms with Crippen molar-refractivity contribution in [3.8, 4) is 12.3 Å². The Bertz CT molecular complexity index is 225. The highest BCUT2D eigenvalue weighted by molar-refractivity contribution is 7.89. The fraction of sp³-hybridized carbons (Fsp3) is 0.667. The first-order chi connectivity index (χ1) is 4.48. The third kappa shape index (κ3) is 3.49. The standard InChI is InChI=1S/C6H11NO2S/c1-3-4-5-6(2)10(7,8)9/h1,6H,4-5H2,2H3,(H2,7,8,9). The summed E-state index contributed by atoms with van der Waals surface area (Å²) < 4.78 is 21.1. The van der Waals surface area contributed by atoms with E-state index in [4.69, 9.17) is 11.6 Å². The van der Waals surface area contributed by atoms with Crippen LogP contribution in [0.1, 0.15) is 19.8 Å². The molecular formula is C6H11NO2S. The van der Waals surface area contributed by atoms with Crippen molar-refractivity contribution in [1.29, 1.82) is 0 Å². The van der Waals surface area contributed by atoms with Crippen molar-refractivity contribution < 1.29 is 8.42 Å². The maximum atomic E-state index is 10.5. The van der Waals surface area contributed by atoms with Gasteiger partial charge in [0.15, 0.2) is 0 Å². The smallest absolute Gasteiger partial charge is 0.211 e. The highest BCUT2D eigenvalue weighted by Crippen LogP contribution is 2.02. The Morgan fingerprint density at radius 3 is 2.50 bits per heavy atom. The first-order valence-electron chi connectivity index (χ1n) is 2.93. The van der Waals surface area contributed by atoms with E-state index < -0.39 is 15.3 Å². The Labute approximate surface area is 61.7 Å². The minimum absolute atomic E-state index is 0.440. The summed E-state index contributed by atoms with van der Waals surface area (Å²) in [5, 5.41) is 4.30. The number of nitrogens with two attached hydrogens (primary N) is 1. The highest BCUT2D eigenvalue weighted by Gasteiger charge is 2.13. The molecule has 1 unspecified atom stereocenters. The van der Waals surface area contributed by atoms with Crippen LogP contribution in [0.25, 0.3) is 0 Å². The molecule has 0 rings (SSSR count). The number of hydrogen-bond donors (Lipinski definition) is 1. The summed E-state index contributed by atoms with van der Waals surface area (Å²) in [4.78, 5) is 0. The van der Waals surface area contributed by atoms with E-state index in [2.05, 4.69) is 5.92 Å². The van der Waals surface area contributed by atoms with E-state index in [-0.39, 0.29) is 0 Å². The molecule has 0 saturated carbocycles. The van der Waals surface area contributed by atoms with Crippen molar-refractivity contribution in [2.24, 2.45) is 5.14 Å². The van der Waals surface area contributed by atoms with Crippen LogP contribution in [0.3, 0.4) is 0 Å². The largest absolute Gasteiger partial charge is 0.228 e. The van der Waals surface area contributed by atoms with Crippen LogP contribution in [0, 0.1) is 12.3 Å². The number of rotatable bonds is 3. The van der Waals surface area contributed by atoms with Gasteiger partial charge in [-0.3, -0.25) is 0 Å². The molecule has 0 aromatic rings. The Balaban J connectivity index is 3.90. The van der Waals surface area contributed by atoms with Gasteiger partial charge in [-0.1, -0.05) is 0 Å². The molecule has 0 saturated heterocycles. The Morgan fingerprint density at radius 1 is 1.70 bits per heavy atom. The van der Waals surface area contributed by atoms with Gasteiger partial charge in [0.1, 0.15) is 0 Å². The highest BCUT2D eigenvalue weighted by atomic mass is 32.2. The van der Waals surface area contributed by atoms with E-state index in [9.17, 15) is 8.42 Å². The molecular weight excluding hydrogens is 150 g/mol. The zero-order valence-corrected chi connectivity index (χ0v) is 6.69. The molecule has 0 aliphatic heterocycles. The lowest BCUT2D eigenvalue weighted by molar-refractivity contribution is 0.580. The second-order valence-electron chi connectivity index (χ2n) is 2.14. The van der Waals surface area contributed by atoms with Gasteiger partial charge in [-0.05, 0) is 13.3 Å². The summed E-state index contributed by atoms with van der Waals surface area (Å²) >= 11 is 0. The van der Waals surface area contributed by atoms with Gasteiger partial charge < -0.3 is 0 Å². The topological polar surface area (TPSA) is 60.2 Å². The fourth-order valence-corrected chi connectivity index (χ4v) is 0.897. The minimum atomic E-state index is -3.37. The summed E-state index contributed by atoms with van der Waals surface area (Å²) in [6, 6.07) is 0. The van der Waals surface area contributed by atoms with E-state index in [0.717, 1.165) is 0 Å². The number of sulfonamides is 1. The third-order valence-corrected chi connectivity index (χ3v) is 2.61. The summed E-state index contributed by atoms with van der Waals surface area (Å²) in [6.07, 6.45) is 5.83. The van der Waals surface area contributed by atoms with Gasteiger partial charge >= 0.3 is 0 Å². The van der Waals surface area contributed by atoms with Crippen molar-refractivity contribution in [2.45, 2.75) is 25.0 Å². The predicted octanol–water partition coefficient (Wildman–Crippen LogP) is 0.0768. The van der Waals surface area contributed by atoms with E-state index in [0.29, 0.717) is 12.8 Å². The van der Waals surface area contributed by atoms with Gasteiger partial charge in [-0.25, -0.2) is 13.6 Å². The van der Waals surface area contributed by atoms with Gasteiger partial charge in [0.05, 0.1) is 5.25 Å². The number of hydrogen-bond acceptors (Lipinski definition) is 2. The molecule has 0 spiro atoms. The summed E-state index contributed by atoms with van der Waals surface area (Å²) in [7, 11) is -3.37. The second kappa shape index (κ2) is 3.59. The van der Waals surface area contributed by atoms with Crippen molar-refractivity contribution >= 4 is 10.0 Å². The van der Waals surface area contributed by atoms with Crippen LogP contribution in [-0.2, 0) is 10.0 Å². The molecule has 0 aromatic heterocycles. The second-order valence-corrected chi connectivity index (χ2v) is 4.13. The first-order valence-corrected chi connectivity index (χ1v) is 4.54. The first kappa shape index (κ1) is 9.47. The lowest BCUT2D eigenvalue weighted by Gasteiger charge is -2.04. The molecule has 1 atom stereocenters. The molecule has 10 heavy (non-hydrogen) atoms. The van der Waals surface area contributed by atoms with Gasteiger partial charge in [-0.2, -0.15) is 0 Å². The van der Waals surface area contributed by atoms with Gasteiger partial charge in [0, 0.05) is 6.42 Å². The molecule has 0 fully saturated rings. The maximum absolute atomic E-state index is 10.5. The molecule has 0 aliphatic carbocycles. The fourth-order valence-electron chi connectivity index (χ4n) is 0.451. The zero-order valence-electron chi connectivity index (χ0n) is 5.87. The van der Waals surface area contributed by atoms with Crippen LogP contribution in [-0.4, -0.2) is 13.7 Å². The maximum Gasteiger partial charge on any atom is 0.211 e. The van der Waals surface area contributed by atoms with Crippen molar-refractivity contribution in [1.82, 2.24) is 0 Å². The Morgan fingerprint density at radius 2 is 2.20 bits per heavy atom. The summed E-state index contributed by atoms with van der Waals surface area (Å²) in [6.45, 7) is 1.55. The van der Waals surface area contributed by atoms with Crippen LogP contribution in [0.5, 0.6) is 0 Å². The van der Waals surface area contributed by atoms with Crippen LogP contribution >= 0.6 is 0 Å². The lowest BCUT2D eigenvalue weighted by Crippen LogP contribution is -2.25. The third-order valence-electron chi connectivity index (χ3n) is 1.26. The molecule has 58 valence electrons. The molecule has 4 heteroatoms. The quantitative estimate of drug-likeness (QED) is 0.596. The van der Waals surface area contributed by atoms with E-state index in [1.165, 1.54) is 0 Å². The molecule has 0 aromatic carbocycles. The zero-order chi connectivity index (χ0) is 8.20. The van der Waals surface area contributed by atoms with Crippen LogP contribution < -0.4 is 5.14 Å². The normalized spacial score (nSPS) is 14.1. The molecule has 3 nitrogen and oxygen atoms in total. The Hall–Kier alpha value is -0.530. The summed E-state index contributed by atoms with van der Waals surface area (Å²) in [5.41, 5.74) is 0. The van der Waals surface area contributed by atoms with Gasteiger partial charge in [0.25, 0.3) is 0 Å². The lowest BCUT2D eigenvalue weighted by atomic mass is 10.3. The van der Waals surface area contributed by atoms with E-state index >= 15 is 0 Å². The van der Waals surface area contributed by atoms with Crippen LogP contribution in [0.4, 0.5) is 0 Å². The summed E-state index contributed by atoms with van der Waals surface area (Å²) in [5.74, 6) is 2.35. The van der Waals surface area contributed by atoms with Crippen molar-refractivity contribution in [2.75, 3.05) is 0 Å². The molecule has 0 aliphatic rings. The predicted molar refractivity (Wildman–Crippen MR) is 40.6 cm³/mol. The van der Waals surface area contributed by atoms with Crippen LogP contribution in [0.15, 0.2) is 0 Å². The van der Waals surface area contributed by atoms with Gasteiger partial charge in [-0.15, -0.1) is 12.3 Å².